The Balaban J connectivity index is 1.37. The van der Waals surface area contributed by atoms with E-state index < -0.39 is 0 Å². The molecule has 1 saturated heterocycles. The summed E-state index contributed by atoms with van der Waals surface area (Å²) in [6.45, 7) is 1.85. The number of aryl methyl sites for hydroxylation is 2. The van der Waals surface area contributed by atoms with E-state index in [0.717, 1.165) is 54.9 Å². The number of aromatic nitrogens is 2. The molecule has 144 valence electrons. The molecule has 0 radical (unpaired) electrons. The normalized spacial score (nSPS) is 25.3. The van der Waals surface area contributed by atoms with Crippen molar-refractivity contribution in [2.75, 3.05) is 13.1 Å². The molecule has 2 unspecified atom stereocenters. The maximum absolute atomic E-state index is 13.1. The minimum absolute atomic E-state index is 0.0275. The van der Waals surface area contributed by atoms with Gasteiger partial charge in [-0.25, -0.2) is 4.98 Å². The van der Waals surface area contributed by atoms with Crippen molar-refractivity contribution >= 4 is 27.5 Å². The number of rotatable bonds is 2. The maximum atomic E-state index is 13.1. The quantitative estimate of drug-likeness (QED) is 0.796. The van der Waals surface area contributed by atoms with E-state index in [1.54, 1.807) is 22.2 Å². The van der Waals surface area contributed by atoms with Crippen LogP contribution in [0.4, 0.5) is 0 Å². The summed E-state index contributed by atoms with van der Waals surface area (Å²) in [5.41, 5.74) is 1.17. The molecule has 5 nitrogen and oxygen atoms in total. The van der Waals surface area contributed by atoms with E-state index in [1.807, 2.05) is 4.90 Å². The van der Waals surface area contributed by atoms with Crippen molar-refractivity contribution in [2.45, 2.75) is 64.3 Å². The number of carbonyl (C=O) groups excluding carboxylic acids is 1. The molecule has 1 aliphatic heterocycles. The van der Waals surface area contributed by atoms with Crippen LogP contribution in [0.2, 0.25) is 0 Å². The SMILES string of the molecule is O=C(Cn1cnc2sc3c(c2c1=O)CCCC3)N1CCC2CCCCC2C1. The predicted molar refractivity (Wildman–Crippen MR) is 107 cm³/mol. The van der Waals surface area contributed by atoms with Gasteiger partial charge in [0.15, 0.2) is 0 Å². The van der Waals surface area contributed by atoms with Crippen LogP contribution >= 0.6 is 11.3 Å². The number of thiophene rings is 1. The molecule has 1 saturated carbocycles. The smallest absolute Gasteiger partial charge is 0.262 e. The Morgan fingerprint density at radius 1 is 1.11 bits per heavy atom. The third-order valence-electron chi connectivity index (χ3n) is 6.89. The summed E-state index contributed by atoms with van der Waals surface area (Å²) in [6.07, 6.45) is 12.3. The highest BCUT2D eigenvalue weighted by Gasteiger charge is 2.33. The summed E-state index contributed by atoms with van der Waals surface area (Å²) in [7, 11) is 0. The Labute approximate surface area is 163 Å². The van der Waals surface area contributed by atoms with E-state index >= 15 is 0 Å². The second-order valence-corrected chi connectivity index (χ2v) is 9.59. The van der Waals surface area contributed by atoms with Crippen molar-refractivity contribution in [3.8, 4) is 0 Å². The van der Waals surface area contributed by atoms with Crippen molar-refractivity contribution in [2.24, 2.45) is 11.8 Å². The van der Waals surface area contributed by atoms with Gasteiger partial charge in [-0.1, -0.05) is 19.3 Å². The summed E-state index contributed by atoms with van der Waals surface area (Å²) >= 11 is 1.66. The molecule has 1 amide bonds. The number of hydrogen-bond acceptors (Lipinski definition) is 4. The molecule has 0 aromatic carbocycles. The van der Waals surface area contributed by atoms with Crippen LogP contribution in [0.25, 0.3) is 10.2 Å². The zero-order valence-corrected chi connectivity index (χ0v) is 16.6. The lowest BCUT2D eigenvalue weighted by atomic mass is 9.75. The lowest BCUT2D eigenvalue weighted by Gasteiger charge is -2.41. The molecule has 6 heteroatoms. The Kier molecular flexibility index (Phi) is 4.54. The predicted octanol–water partition coefficient (Wildman–Crippen LogP) is 3.38. The van der Waals surface area contributed by atoms with E-state index in [1.165, 1.54) is 42.5 Å². The first-order valence-electron chi connectivity index (χ1n) is 10.5. The van der Waals surface area contributed by atoms with Crippen LogP contribution in [0.5, 0.6) is 0 Å². The first kappa shape index (κ1) is 17.4. The zero-order chi connectivity index (χ0) is 18.4. The standard InChI is InChI=1S/C21H27N3O2S/c25-18(23-10-9-14-5-1-2-6-15(14)11-23)12-24-13-22-20-19(21(24)26)16-7-3-4-8-17(16)27-20/h13-15H,1-12H2. The molecule has 0 spiro atoms. The van der Waals surface area contributed by atoms with Gasteiger partial charge in [0, 0.05) is 18.0 Å². The number of piperidine rings is 1. The lowest BCUT2D eigenvalue weighted by molar-refractivity contribution is -0.135. The Hall–Kier alpha value is -1.69. The van der Waals surface area contributed by atoms with Crippen LogP contribution in [-0.4, -0.2) is 33.4 Å². The average molecular weight is 386 g/mol. The molecule has 2 aromatic rings. The highest BCUT2D eigenvalue weighted by molar-refractivity contribution is 7.18. The van der Waals surface area contributed by atoms with Gasteiger partial charge >= 0.3 is 0 Å². The fourth-order valence-corrected chi connectivity index (χ4v) is 6.59. The minimum atomic E-state index is -0.0275. The van der Waals surface area contributed by atoms with Crippen molar-refractivity contribution in [1.82, 2.24) is 14.5 Å². The first-order chi connectivity index (χ1) is 13.2. The number of hydrogen-bond donors (Lipinski definition) is 0. The Bertz CT molecular complexity index is 931. The molecule has 0 N–H and O–H groups in total. The second-order valence-electron chi connectivity index (χ2n) is 8.50. The van der Waals surface area contributed by atoms with Crippen LogP contribution in [0.1, 0.15) is 55.4 Å². The van der Waals surface area contributed by atoms with Gasteiger partial charge in [0.25, 0.3) is 5.56 Å². The van der Waals surface area contributed by atoms with Gasteiger partial charge in [0.05, 0.1) is 11.7 Å². The van der Waals surface area contributed by atoms with Crippen LogP contribution in [0.15, 0.2) is 11.1 Å². The first-order valence-corrected chi connectivity index (χ1v) is 11.3. The summed E-state index contributed by atoms with van der Waals surface area (Å²) in [5.74, 6) is 1.55. The maximum Gasteiger partial charge on any atom is 0.262 e. The van der Waals surface area contributed by atoms with Gasteiger partial charge in [-0.15, -0.1) is 11.3 Å². The van der Waals surface area contributed by atoms with Crippen LogP contribution in [-0.2, 0) is 24.2 Å². The second kappa shape index (κ2) is 7.04. The van der Waals surface area contributed by atoms with Gasteiger partial charge in [-0.05, 0) is 55.9 Å². The molecule has 2 fully saturated rings. The van der Waals surface area contributed by atoms with Crippen LogP contribution in [0, 0.1) is 11.8 Å². The number of amides is 1. The van der Waals surface area contributed by atoms with Gasteiger partial charge in [0.2, 0.25) is 5.91 Å². The largest absolute Gasteiger partial charge is 0.341 e. The van der Waals surface area contributed by atoms with Crippen molar-refractivity contribution in [3.05, 3.63) is 27.1 Å². The minimum Gasteiger partial charge on any atom is -0.341 e. The molecular formula is C21H27N3O2S. The number of likely N-dealkylation sites (tertiary alicyclic amines) is 1. The fourth-order valence-electron chi connectivity index (χ4n) is 5.37. The number of fused-ring (bicyclic) bond motifs is 4. The van der Waals surface area contributed by atoms with Crippen molar-refractivity contribution in [3.63, 3.8) is 0 Å². The topological polar surface area (TPSA) is 55.2 Å². The molecule has 2 aliphatic carbocycles. The average Bonchev–Trinajstić information content (AvgIpc) is 3.09. The van der Waals surface area contributed by atoms with Gasteiger partial charge in [0.1, 0.15) is 11.4 Å². The highest BCUT2D eigenvalue weighted by Crippen LogP contribution is 2.36. The van der Waals surface area contributed by atoms with E-state index in [4.69, 9.17) is 0 Å². The Morgan fingerprint density at radius 2 is 1.93 bits per heavy atom. The monoisotopic (exact) mass is 385 g/mol. The van der Waals surface area contributed by atoms with Crippen molar-refractivity contribution < 1.29 is 4.79 Å². The molecule has 0 bridgehead atoms. The van der Waals surface area contributed by atoms with E-state index in [9.17, 15) is 9.59 Å². The van der Waals surface area contributed by atoms with Gasteiger partial charge < -0.3 is 4.90 Å². The lowest BCUT2D eigenvalue weighted by Crippen LogP contribution is -2.46. The zero-order valence-electron chi connectivity index (χ0n) is 15.8. The molecule has 3 aliphatic rings. The van der Waals surface area contributed by atoms with E-state index in [2.05, 4.69) is 4.98 Å². The number of carbonyl (C=O) groups is 1. The molecular weight excluding hydrogens is 358 g/mol. The summed E-state index contributed by atoms with van der Waals surface area (Å²) in [6, 6.07) is 0. The molecule has 3 heterocycles. The third kappa shape index (κ3) is 3.12. The van der Waals surface area contributed by atoms with Crippen molar-refractivity contribution in [1.29, 1.82) is 0 Å². The molecule has 2 atom stereocenters. The molecule has 2 aromatic heterocycles. The van der Waals surface area contributed by atoms with Crippen LogP contribution < -0.4 is 5.56 Å². The summed E-state index contributed by atoms with van der Waals surface area (Å²) in [5, 5.41) is 0.774. The van der Waals surface area contributed by atoms with E-state index in [-0.39, 0.29) is 18.0 Å². The third-order valence-corrected chi connectivity index (χ3v) is 8.09. The molecule has 27 heavy (non-hydrogen) atoms. The molecule has 5 rings (SSSR count). The fraction of sp³-hybridized carbons (Fsp3) is 0.667. The highest BCUT2D eigenvalue weighted by atomic mass is 32.1. The summed E-state index contributed by atoms with van der Waals surface area (Å²) in [4.78, 5) is 34.6. The summed E-state index contributed by atoms with van der Waals surface area (Å²) < 4.78 is 1.54. The van der Waals surface area contributed by atoms with Crippen LogP contribution in [0.3, 0.4) is 0 Å². The van der Waals surface area contributed by atoms with Gasteiger partial charge in [-0.2, -0.15) is 0 Å². The Morgan fingerprint density at radius 3 is 2.81 bits per heavy atom. The van der Waals surface area contributed by atoms with E-state index in [0.29, 0.717) is 5.92 Å². The number of nitrogens with zero attached hydrogens (tertiary/aromatic N) is 3. The van der Waals surface area contributed by atoms with Gasteiger partial charge in [-0.3, -0.25) is 14.2 Å².